The molecule has 2 aliphatic carbocycles. The summed E-state index contributed by atoms with van der Waals surface area (Å²) in [6.45, 7) is -0.289. The normalized spacial score (nSPS) is 18.1. The molecule has 1 N–H and O–H groups in total. The van der Waals surface area contributed by atoms with Gasteiger partial charge < -0.3 is 14.8 Å². The van der Waals surface area contributed by atoms with Crippen LogP contribution in [-0.4, -0.2) is 24.1 Å². The van der Waals surface area contributed by atoms with Crippen molar-refractivity contribution in [3.63, 3.8) is 0 Å². The molecule has 2 aromatic rings. The van der Waals surface area contributed by atoms with E-state index in [0.29, 0.717) is 88.2 Å². The third kappa shape index (κ3) is 4.73. The summed E-state index contributed by atoms with van der Waals surface area (Å²) in [5.41, 5.74) is 2.06. The molecule has 0 radical (unpaired) electrons. The maximum Gasteiger partial charge on any atom is 0.262 e. The SMILES string of the molecule is O=C(COc1ccc(Cl)cc1C1C2=C(CCCC2=O)OC2=C1C(=O)CCC2)Nc1ccccc1Cl. The van der Waals surface area contributed by atoms with Crippen molar-refractivity contribution in [3.8, 4) is 5.75 Å². The van der Waals surface area contributed by atoms with Crippen LogP contribution in [0.1, 0.15) is 50.0 Å². The Kier molecular flexibility index (Phi) is 6.67. The summed E-state index contributed by atoms with van der Waals surface area (Å²) in [5.74, 6) is 0.533. The number of Topliss-reactive ketones (excluding diaryl/α,β-unsaturated/α-hetero) is 2. The van der Waals surface area contributed by atoms with Crippen molar-refractivity contribution in [1.29, 1.82) is 0 Å². The average molecular weight is 512 g/mol. The molecule has 0 bridgehead atoms. The van der Waals surface area contributed by atoms with Gasteiger partial charge in [0.05, 0.1) is 16.6 Å². The van der Waals surface area contributed by atoms with Gasteiger partial charge in [-0.3, -0.25) is 14.4 Å². The molecule has 0 saturated heterocycles. The smallest absolute Gasteiger partial charge is 0.262 e. The van der Waals surface area contributed by atoms with E-state index in [4.69, 9.17) is 32.7 Å². The summed E-state index contributed by atoms with van der Waals surface area (Å²) in [6, 6.07) is 11.9. The number of allylic oxidation sites excluding steroid dienone is 4. The summed E-state index contributed by atoms with van der Waals surface area (Å²) in [7, 11) is 0. The first kappa shape index (κ1) is 23.6. The first-order valence-corrected chi connectivity index (χ1v) is 12.3. The van der Waals surface area contributed by atoms with Gasteiger partial charge in [0.25, 0.3) is 5.91 Å². The molecule has 0 spiro atoms. The Morgan fingerprint density at radius 3 is 2.26 bits per heavy atom. The van der Waals surface area contributed by atoms with Crippen LogP contribution < -0.4 is 10.1 Å². The van der Waals surface area contributed by atoms with E-state index < -0.39 is 11.8 Å². The number of amides is 1. The van der Waals surface area contributed by atoms with Gasteiger partial charge in [0.2, 0.25) is 0 Å². The van der Waals surface area contributed by atoms with Crippen LogP contribution in [0.4, 0.5) is 5.69 Å². The molecule has 0 fully saturated rings. The van der Waals surface area contributed by atoms with Gasteiger partial charge in [0.15, 0.2) is 18.2 Å². The van der Waals surface area contributed by atoms with E-state index in [9.17, 15) is 14.4 Å². The Morgan fingerprint density at radius 1 is 0.943 bits per heavy atom. The molecule has 1 aliphatic heterocycles. The van der Waals surface area contributed by atoms with Crippen LogP contribution >= 0.6 is 23.2 Å². The molecule has 0 aromatic heterocycles. The van der Waals surface area contributed by atoms with Crippen LogP contribution in [0.25, 0.3) is 0 Å². The number of hydrogen-bond donors (Lipinski definition) is 1. The molecular weight excluding hydrogens is 489 g/mol. The highest BCUT2D eigenvalue weighted by Gasteiger charge is 2.42. The van der Waals surface area contributed by atoms with Crippen LogP contribution in [0.3, 0.4) is 0 Å². The van der Waals surface area contributed by atoms with Crippen molar-refractivity contribution < 1.29 is 23.9 Å². The molecule has 8 heteroatoms. The predicted molar refractivity (Wildman–Crippen MR) is 133 cm³/mol. The van der Waals surface area contributed by atoms with Crippen molar-refractivity contribution in [1.82, 2.24) is 0 Å². The molecule has 6 nitrogen and oxygen atoms in total. The number of ketones is 2. The second kappa shape index (κ2) is 9.88. The lowest BCUT2D eigenvalue weighted by atomic mass is 9.73. The minimum atomic E-state index is -0.630. The number of para-hydroxylation sites is 1. The molecule has 180 valence electrons. The minimum Gasteiger partial charge on any atom is -0.483 e. The Balaban J connectivity index is 1.49. The number of nitrogens with one attached hydrogen (secondary N) is 1. The summed E-state index contributed by atoms with van der Waals surface area (Å²) in [5, 5.41) is 3.58. The lowest BCUT2D eigenvalue weighted by molar-refractivity contribution is -0.119. The summed E-state index contributed by atoms with van der Waals surface area (Å²) < 4.78 is 12.0. The number of ether oxygens (including phenoxy) is 2. The summed E-state index contributed by atoms with van der Waals surface area (Å²) >= 11 is 12.5. The molecule has 0 unspecified atom stereocenters. The predicted octanol–water partition coefficient (Wildman–Crippen LogP) is 6.14. The fourth-order valence-electron chi connectivity index (χ4n) is 4.90. The maximum atomic E-state index is 13.1. The quantitative estimate of drug-likeness (QED) is 0.521. The Labute approximate surface area is 212 Å². The zero-order valence-electron chi connectivity index (χ0n) is 18.9. The van der Waals surface area contributed by atoms with Crippen LogP contribution in [0.5, 0.6) is 5.75 Å². The number of halogens is 2. The molecule has 0 saturated carbocycles. The van der Waals surface area contributed by atoms with E-state index >= 15 is 0 Å². The molecule has 0 atom stereocenters. The molecule has 1 heterocycles. The van der Waals surface area contributed by atoms with Gasteiger partial charge in [-0.05, 0) is 43.2 Å². The van der Waals surface area contributed by atoms with Gasteiger partial charge in [0.1, 0.15) is 17.3 Å². The van der Waals surface area contributed by atoms with E-state index in [1.807, 2.05) is 0 Å². The number of carbonyl (C=O) groups excluding carboxylic acids is 3. The molecule has 1 amide bonds. The van der Waals surface area contributed by atoms with Crippen molar-refractivity contribution in [2.75, 3.05) is 11.9 Å². The third-order valence-corrected chi connectivity index (χ3v) is 6.99. The number of hydrogen-bond acceptors (Lipinski definition) is 5. The molecule has 3 aliphatic rings. The van der Waals surface area contributed by atoms with Gasteiger partial charge in [-0.15, -0.1) is 0 Å². The Bertz CT molecular complexity index is 1250. The Morgan fingerprint density at radius 2 is 1.60 bits per heavy atom. The molecule has 5 rings (SSSR count). The van der Waals surface area contributed by atoms with E-state index in [0.717, 1.165) is 0 Å². The van der Waals surface area contributed by atoms with Gasteiger partial charge in [-0.2, -0.15) is 0 Å². The topological polar surface area (TPSA) is 81.7 Å². The largest absolute Gasteiger partial charge is 0.483 e. The number of rotatable bonds is 5. The monoisotopic (exact) mass is 511 g/mol. The number of benzene rings is 2. The summed E-state index contributed by atoms with van der Waals surface area (Å²) in [6.07, 6.45) is 3.49. The van der Waals surface area contributed by atoms with Gasteiger partial charge in [-0.1, -0.05) is 35.3 Å². The molecule has 2 aromatic carbocycles. The van der Waals surface area contributed by atoms with Crippen molar-refractivity contribution in [2.45, 2.75) is 44.4 Å². The highest BCUT2D eigenvalue weighted by molar-refractivity contribution is 6.33. The van der Waals surface area contributed by atoms with Crippen LogP contribution in [0.2, 0.25) is 10.0 Å². The first-order valence-electron chi connectivity index (χ1n) is 11.6. The summed E-state index contributed by atoms with van der Waals surface area (Å²) in [4.78, 5) is 38.7. The van der Waals surface area contributed by atoms with Crippen molar-refractivity contribution in [3.05, 3.63) is 80.7 Å². The molecule has 35 heavy (non-hydrogen) atoms. The van der Waals surface area contributed by atoms with E-state index in [2.05, 4.69) is 5.32 Å². The fraction of sp³-hybridized carbons (Fsp3) is 0.296. The highest BCUT2D eigenvalue weighted by atomic mass is 35.5. The van der Waals surface area contributed by atoms with E-state index in [1.165, 1.54) is 0 Å². The van der Waals surface area contributed by atoms with Crippen LogP contribution in [0, 0.1) is 0 Å². The second-order valence-electron chi connectivity index (χ2n) is 8.76. The fourth-order valence-corrected chi connectivity index (χ4v) is 5.26. The average Bonchev–Trinajstić information content (AvgIpc) is 2.84. The second-order valence-corrected chi connectivity index (χ2v) is 9.60. The Hall–Kier alpha value is -3.09. The zero-order valence-corrected chi connectivity index (χ0v) is 20.4. The van der Waals surface area contributed by atoms with Crippen LogP contribution in [-0.2, 0) is 19.1 Å². The van der Waals surface area contributed by atoms with Gasteiger partial charge in [0, 0.05) is 47.4 Å². The van der Waals surface area contributed by atoms with E-state index in [-0.39, 0.29) is 18.2 Å². The van der Waals surface area contributed by atoms with E-state index in [1.54, 1.807) is 42.5 Å². The zero-order chi connectivity index (χ0) is 24.5. The lowest BCUT2D eigenvalue weighted by Gasteiger charge is -2.36. The number of anilines is 1. The highest BCUT2D eigenvalue weighted by Crippen LogP contribution is 2.50. The first-order chi connectivity index (χ1) is 16.9. The van der Waals surface area contributed by atoms with Crippen molar-refractivity contribution >= 4 is 46.4 Å². The van der Waals surface area contributed by atoms with Gasteiger partial charge in [-0.25, -0.2) is 0 Å². The minimum absolute atomic E-state index is 0.0384. The van der Waals surface area contributed by atoms with Crippen LogP contribution in [0.15, 0.2) is 65.1 Å². The number of carbonyl (C=O) groups is 3. The maximum absolute atomic E-state index is 13.1. The van der Waals surface area contributed by atoms with Crippen molar-refractivity contribution in [2.24, 2.45) is 0 Å². The van der Waals surface area contributed by atoms with Gasteiger partial charge >= 0.3 is 0 Å². The molecular formula is C27H23Cl2NO5. The lowest BCUT2D eigenvalue weighted by Crippen LogP contribution is -2.30. The third-order valence-electron chi connectivity index (χ3n) is 6.43. The standard InChI is InChI=1S/C27H23Cl2NO5/c28-15-11-12-21(34-14-24(33)30-18-6-2-1-5-17(18)29)16(13-15)25-26-19(31)7-3-9-22(26)35-23-10-4-8-20(32)27(23)25/h1-2,5-6,11-13,25H,3-4,7-10,14H2,(H,30,33).